The molecule has 3 saturated heterocycles. The zero-order chi connectivity index (χ0) is 12.3. The lowest BCUT2D eigenvalue weighted by atomic mass is 9.71. The minimum atomic E-state index is -0.629. The van der Waals surface area contributed by atoms with Crippen LogP contribution < -0.4 is 0 Å². The Labute approximate surface area is 106 Å². The van der Waals surface area contributed by atoms with Crippen LogP contribution in [0.3, 0.4) is 0 Å². The lowest BCUT2D eigenvalue weighted by Crippen LogP contribution is -2.66. The second-order valence-electron chi connectivity index (χ2n) is 5.77. The summed E-state index contributed by atoms with van der Waals surface area (Å²) in [5.74, 6) is 0.168. The Morgan fingerprint density at radius 3 is 2.94 bits per heavy atom. The molecule has 3 heterocycles. The van der Waals surface area contributed by atoms with Crippen molar-refractivity contribution in [3.63, 3.8) is 0 Å². The lowest BCUT2D eigenvalue weighted by Gasteiger charge is -2.51. The molecular weight excluding hydrogens is 236 g/mol. The van der Waals surface area contributed by atoms with E-state index in [1.807, 2.05) is 6.92 Å². The van der Waals surface area contributed by atoms with Gasteiger partial charge in [0, 0.05) is 5.92 Å². The molecule has 0 radical (unpaired) electrons. The molecule has 18 heavy (non-hydrogen) atoms. The van der Waals surface area contributed by atoms with Crippen molar-refractivity contribution in [2.24, 2.45) is 11.8 Å². The van der Waals surface area contributed by atoms with Gasteiger partial charge < -0.3 is 9.47 Å². The average molecular weight is 254 g/mol. The molecule has 6 bridgehead atoms. The van der Waals surface area contributed by atoms with Gasteiger partial charge in [-0.1, -0.05) is 19.8 Å². The first-order valence-electron chi connectivity index (χ1n) is 6.95. The molecule has 0 spiro atoms. The monoisotopic (exact) mass is 254 g/mol. The van der Waals surface area contributed by atoms with Gasteiger partial charge in [0.25, 0.3) is 0 Å². The Hall–Kier alpha value is -0.490. The van der Waals surface area contributed by atoms with Crippen LogP contribution in [-0.4, -0.2) is 30.1 Å². The van der Waals surface area contributed by atoms with Gasteiger partial charge in [-0.05, 0) is 19.3 Å². The predicted octanol–water partition coefficient (Wildman–Crippen LogP) is 1.55. The average Bonchev–Trinajstić information content (AvgIpc) is 2.75. The summed E-state index contributed by atoms with van der Waals surface area (Å²) in [5, 5.41) is 0. The lowest BCUT2D eigenvalue weighted by molar-refractivity contribution is -0.320. The van der Waals surface area contributed by atoms with Crippen LogP contribution in [0.15, 0.2) is 0 Å². The summed E-state index contributed by atoms with van der Waals surface area (Å²) in [6.45, 7) is 2.03. The summed E-state index contributed by atoms with van der Waals surface area (Å²) in [7, 11) is 0. The molecule has 6 atom stereocenters. The van der Waals surface area contributed by atoms with Crippen molar-refractivity contribution in [3.8, 4) is 0 Å². The highest BCUT2D eigenvalue weighted by atomic mass is 17.3. The van der Waals surface area contributed by atoms with Gasteiger partial charge in [0.1, 0.15) is 17.5 Å². The molecule has 4 rings (SSSR count). The second-order valence-corrected chi connectivity index (χ2v) is 5.77. The molecule has 6 unspecified atom stereocenters. The third kappa shape index (κ3) is 1.23. The quantitative estimate of drug-likeness (QED) is 0.665. The van der Waals surface area contributed by atoms with Gasteiger partial charge in [-0.25, -0.2) is 0 Å². The van der Waals surface area contributed by atoms with E-state index in [2.05, 4.69) is 0 Å². The van der Waals surface area contributed by atoms with Gasteiger partial charge in [-0.15, -0.1) is 0 Å². The molecular formula is C13H18O5. The van der Waals surface area contributed by atoms with Crippen LogP contribution in [0.2, 0.25) is 0 Å². The van der Waals surface area contributed by atoms with E-state index in [-0.39, 0.29) is 17.9 Å². The summed E-state index contributed by atoms with van der Waals surface area (Å²) < 4.78 is 12.0. The molecule has 4 fully saturated rings. The van der Waals surface area contributed by atoms with Gasteiger partial charge in [-0.3, -0.25) is 4.79 Å². The standard InChI is InChI=1S/C13H18O5/c1-2-13-8-6-4-3-5-7(9(8)14)10(16-13)11-15-12(13)18-17-11/h7-8,10-12H,2-6H2,1H3. The van der Waals surface area contributed by atoms with Crippen molar-refractivity contribution in [3.05, 3.63) is 0 Å². The number of hydrogen-bond donors (Lipinski definition) is 0. The molecule has 5 nitrogen and oxygen atoms in total. The van der Waals surface area contributed by atoms with Crippen LogP contribution in [0.5, 0.6) is 0 Å². The van der Waals surface area contributed by atoms with Crippen molar-refractivity contribution < 1.29 is 24.0 Å². The highest BCUT2D eigenvalue weighted by Crippen LogP contribution is 2.53. The summed E-state index contributed by atoms with van der Waals surface area (Å²) in [6.07, 6.45) is 3.29. The number of carbonyl (C=O) groups excluding carboxylic acids is 1. The third-order valence-corrected chi connectivity index (χ3v) is 5.02. The van der Waals surface area contributed by atoms with Crippen molar-refractivity contribution in [2.45, 2.75) is 63.3 Å². The van der Waals surface area contributed by atoms with E-state index in [1.54, 1.807) is 0 Å². The number of carbonyl (C=O) groups is 1. The fourth-order valence-corrected chi connectivity index (χ4v) is 4.05. The van der Waals surface area contributed by atoms with E-state index in [4.69, 9.17) is 19.2 Å². The molecule has 5 heteroatoms. The van der Waals surface area contributed by atoms with Gasteiger partial charge in [0.2, 0.25) is 12.6 Å². The number of hydrogen-bond acceptors (Lipinski definition) is 5. The van der Waals surface area contributed by atoms with E-state index in [1.165, 1.54) is 0 Å². The molecule has 100 valence electrons. The highest BCUT2D eigenvalue weighted by Gasteiger charge is 2.66. The minimum Gasteiger partial charge on any atom is -0.359 e. The van der Waals surface area contributed by atoms with Gasteiger partial charge in [0.05, 0.1) is 5.92 Å². The van der Waals surface area contributed by atoms with Crippen molar-refractivity contribution in [1.82, 2.24) is 0 Å². The summed E-state index contributed by atoms with van der Waals surface area (Å²) in [5.41, 5.74) is -0.629. The third-order valence-electron chi connectivity index (χ3n) is 5.02. The van der Waals surface area contributed by atoms with Gasteiger partial charge in [0.15, 0.2) is 0 Å². The van der Waals surface area contributed by atoms with E-state index in [0.29, 0.717) is 12.2 Å². The molecule has 0 aromatic carbocycles. The maximum absolute atomic E-state index is 12.7. The van der Waals surface area contributed by atoms with Crippen LogP contribution in [-0.2, 0) is 24.0 Å². The zero-order valence-electron chi connectivity index (χ0n) is 10.5. The van der Waals surface area contributed by atoms with E-state index >= 15 is 0 Å². The van der Waals surface area contributed by atoms with Gasteiger partial charge >= 0.3 is 0 Å². The maximum atomic E-state index is 12.7. The number of rotatable bonds is 1. The predicted molar refractivity (Wildman–Crippen MR) is 59.2 cm³/mol. The molecule has 4 aliphatic rings. The number of ether oxygens (including phenoxy) is 2. The summed E-state index contributed by atoms with van der Waals surface area (Å²) >= 11 is 0. The molecule has 0 amide bonds. The number of ketones is 1. The Morgan fingerprint density at radius 2 is 2.11 bits per heavy atom. The SMILES string of the molecule is CCC12OC(C3OOC1O3)C1CCCCC2C1=O. The first-order chi connectivity index (χ1) is 8.76. The summed E-state index contributed by atoms with van der Waals surface area (Å²) in [6, 6.07) is 0. The van der Waals surface area contributed by atoms with Crippen LogP contribution in [0, 0.1) is 11.8 Å². The first-order valence-corrected chi connectivity index (χ1v) is 6.95. The Morgan fingerprint density at radius 1 is 1.28 bits per heavy atom. The molecule has 3 aliphatic heterocycles. The minimum absolute atomic E-state index is 0.0789. The zero-order valence-corrected chi connectivity index (χ0v) is 10.5. The van der Waals surface area contributed by atoms with Crippen LogP contribution in [0.1, 0.15) is 39.0 Å². The highest BCUT2D eigenvalue weighted by molar-refractivity contribution is 5.86. The topological polar surface area (TPSA) is 54.0 Å². The largest absolute Gasteiger partial charge is 0.359 e. The molecule has 0 N–H and O–H groups in total. The van der Waals surface area contributed by atoms with E-state index in [9.17, 15) is 4.79 Å². The molecule has 0 aromatic heterocycles. The fraction of sp³-hybridized carbons (Fsp3) is 0.923. The van der Waals surface area contributed by atoms with Crippen LogP contribution >= 0.6 is 0 Å². The molecule has 1 saturated carbocycles. The Balaban J connectivity index is 1.82. The Kier molecular flexibility index (Phi) is 2.37. The number of Topliss-reactive ketones (excluding diaryl/α,β-unsaturated/α-hetero) is 1. The smallest absolute Gasteiger partial charge is 0.223 e. The van der Waals surface area contributed by atoms with Crippen LogP contribution in [0.4, 0.5) is 0 Å². The number of fused-ring (bicyclic) bond motifs is 10. The van der Waals surface area contributed by atoms with E-state index < -0.39 is 18.2 Å². The van der Waals surface area contributed by atoms with E-state index in [0.717, 1.165) is 25.7 Å². The van der Waals surface area contributed by atoms with Crippen molar-refractivity contribution >= 4 is 5.78 Å². The van der Waals surface area contributed by atoms with Crippen molar-refractivity contribution in [1.29, 1.82) is 0 Å². The second kappa shape index (κ2) is 3.76. The fourth-order valence-electron chi connectivity index (χ4n) is 4.05. The van der Waals surface area contributed by atoms with Crippen LogP contribution in [0.25, 0.3) is 0 Å². The van der Waals surface area contributed by atoms with Crippen molar-refractivity contribution in [2.75, 3.05) is 0 Å². The maximum Gasteiger partial charge on any atom is 0.223 e. The van der Waals surface area contributed by atoms with Gasteiger partial charge in [-0.2, -0.15) is 9.78 Å². The first kappa shape index (κ1) is 11.3. The molecule has 0 aromatic rings. The molecule has 1 aliphatic carbocycles. The normalized spacial score (nSPS) is 54.3. The Bertz CT molecular complexity index is 384. The summed E-state index contributed by atoms with van der Waals surface area (Å²) in [4.78, 5) is 23.2.